The molecule has 0 aliphatic carbocycles. The minimum atomic E-state index is 0.694. The highest BCUT2D eigenvalue weighted by atomic mass is 14.6. The van der Waals surface area contributed by atoms with Gasteiger partial charge in [-0.25, -0.2) is 0 Å². The van der Waals surface area contributed by atoms with Gasteiger partial charge in [-0.3, -0.25) is 4.99 Å². The molecule has 0 fully saturated rings. The normalized spacial score (nSPS) is 9.08. The first kappa shape index (κ1) is 21.3. The monoisotopic (exact) mass is 320 g/mol. The Morgan fingerprint density at radius 2 is 1.58 bits per heavy atom. The highest BCUT2D eigenvalue weighted by molar-refractivity contribution is 5.63. The van der Waals surface area contributed by atoms with Crippen LogP contribution in [0, 0.1) is 12.3 Å². The molecule has 0 radical (unpaired) electrons. The summed E-state index contributed by atoms with van der Waals surface area (Å²) in [5.74, 6) is 0. The van der Waals surface area contributed by atoms with E-state index in [-0.39, 0.29) is 0 Å². The van der Waals surface area contributed by atoms with Gasteiger partial charge in [-0.15, -0.1) is 6.58 Å². The molecule has 0 saturated heterocycles. The Balaban J connectivity index is 0.000000405. The Morgan fingerprint density at radius 3 is 1.96 bits per heavy atom. The molecule has 0 spiro atoms. The lowest BCUT2D eigenvalue weighted by Crippen LogP contribution is -1.76. The molecule has 0 saturated carbocycles. The first-order valence-electron chi connectivity index (χ1n) is 7.95. The maximum Gasteiger partial charge on any atom is 0.0563 e. The quantitative estimate of drug-likeness (QED) is 0.507. The lowest BCUT2D eigenvalue weighted by molar-refractivity contribution is 1.26. The molecule has 1 N–H and O–H groups in total. The minimum absolute atomic E-state index is 0.694. The van der Waals surface area contributed by atoms with Gasteiger partial charge in [0.2, 0.25) is 0 Å². The van der Waals surface area contributed by atoms with Gasteiger partial charge in [0.25, 0.3) is 0 Å². The van der Waals surface area contributed by atoms with E-state index < -0.39 is 0 Å². The number of rotatable bonds is 5. The summed E-state index contributed by atoms with van der Waals surface area (Å²) in [5.41, 5.74) is 3.87. The molecule has 0 bridgehead atoms. The van der Waals surface area contributed by atoms with Gasteiger partial charge < -0.3 is 5.41 Å². The fourth-order valence-electron chi connectivity index (χ4n) is 1.64. The Kier molecular flexibility index (Phi) is 13.4. The second kappa shape index (κ2) is 15.2. The molecule has 126 valence electrons. The van der Waals surface area contributed by atoms with E-state index in [2.05, 4.69) is 73.7 Å². The van der Waals surface area contributed by atoms with Crippen LogP contribution in [-0.2, 0) is 0 Å². The first-order valence-corrected chi connectivity index (χ1v) is 7.95. The standard InChI is InChI=1S/C13H12.C5H9N.C4H7N/c1-11-7-9-13(10-8-11)12-5-3-2-4-6-12;1-3-4-5-6-2;1-2-3-4-5/h2-10H,1H3;3-4H,2,5H2,1H3;2,4-5H,1,3H2/b;4-3+;. The van der Waals surface area contributed by atoms with Gasteiger partial charge in [-0.2, -0.15) is 0 Å². The van der Waals surface area contributed by atoms with Crippen molar-refractivity contribution in [3.05, 3.63) is 85.0 Å². The average Bonchev–Trinajstić information content (AvgIpc) is 2.63. The maximum atomic E-state index is 6.41. The smallest absolute Gasteiger partial charge is 0.0563 e. The first-order chi connectivity index (χ1) is 11.7. The van der Waals surface area contributed by atoms with Gasteiger partial charge >= 0.3 is 0 Å². The fraction of sp³-hybridized carbons (Fsp3) is 0.182. The number of benzene rings is 2. The molecule has 0 heterocycles. The molecule has 2 nitrogen and oxygen atoms in total. The van der Waals surface area contributed by atoms with Crippen molar-refractivity contribution in [3.8, 4) is 11.1 Å². The van der Waals surface area contributed by atoms with Crippen molar-refractivity contribution in [1.29, 1.82) is 5.41 Å². The predicted molar refractivity (Wildman–Crippen MR) is 109 cm³/mol. The molecule has 2 heteroatoms. The van der Waals surface area contributed by atoms with Crippen molar-refractivity contribution in [2.24, 2.45) is 4.99 Å². The third-order valence-electron chi connectivity index (χ3n) is 2.91. The van der Waals surface area contributed by atoms with Crippen molar-refractivity contribution >= 4 is 12.9 Å². The summed E-state index contributed by atoms with van der Waals surface area (Å²) in [4.78, 5) is 3.59. The second-order valence-electron chi connectivity index (χ2n) is 4.94. The van der Waals surface area contributed by atoms with Crippen LogP contribution in [0.25, 0.3) is 11.1 Å². The molecule has 0 amide bonds. The SMILES string of the molecule is C=CCC=N.C=NC/C=C/C.Cc1ccc(-c2ccccc2)cc1. The largest absolute Gasteiger partial charge is 0.313 e. The second-order valence-corrected chi connectivity index (χ2v) is 4.94. The third kappa shape index (κ3) is 10.9. The van der Waals surface area contributed by atoms with Crippen LogP contribution in [0.1, 0.15) is 18.9 Å². The Hall–Kier alpha value is -2.74. The van der Waals surface area contributed by atoms with E-state index in [0.717, 1.165) is 6.54 Å². The summed E-state index contributed by atoms with van der Waals surface area (Å²) in [6.45, 7) is 11.5. The molecule has 0 unspecified atom stereocenters. The van der Waals surface area contributed by atoms with Crippen LogP contribution in [0.3, 0.4) is 0 Å². The highest BCUT2D eigenvalue weighted by Gasteiger charge is 1.93. The molecule has 0 aliphatic heterocycles. The molecular weight excluding hydrogens is 292 g/mol. The number of aliphatic imine (C=N–C) groups is 1. The van der Waals surface area contributed by atoms with Gasteiger partial charge in [0.15, 0.2) is 0 Å². The number of hydrogen-bond donors (Lipinski definition) is 1. The van der Waals surface area contributed by atoms with E-state index in [9.17, 15) is 0 Å². The average molecular weight is 320 g/mol. The van der Waals surface area contributed by atoms with E-state index in [1.807, 2.05) is 25.1 Å². The molecule has 0 aliphatic rings. The van der Waals surface area contributed by atoms with Gasteiger partial charge in [0, 0.05) is 0 Å². The van der Waals surface area contributed by atoms with Crippen LogP contribution < -0.4 is 0 Å². The Morgan fingerprint density at radius 1 is 1.00 bits per heavy atom. The summed E-state index contributed by atoms with van der Waals surface area (Å²) >= 11 is 0. The molecular formula is C22H28N2. The van der Waals surface area contributed by atoms with Gasteiger partial charge in [0.1, 0.15) is 0 Å². The molecule has 2 aromatic rings. The summed E-state index contributed by atoms with van der Waals surface area (Å²) in [6.07, 6.45) is 7.60. The van der Waals surface area contributed by atoms with E-state index in [1.165, 1.54) is 22.9 Å². The van der Waals surface area contributed by atoms with Crippen LogP contribution in [-0.4, -0.2) is 19.5 Å². The summed E-state index contributed by atoms with van der Waals surface area (Å²) in [6, 6.07) is 19.0. The summed E-state index contributed by atoms with van der Waals surface area (Å²) < 4.78 is 0. The highest BCUT2D eigenvalue weighted by Crippen LogP contribution is 2.18. The van der Waals surface area contributed by atoms with Crippen molar-refractivity contribution in [2.75, 3.05) is 6.54 Å². The van der Waals surface area contributed by atoms with Gasteiger partial charge in [-0.1, -0.05) is 78.4 Å². The zero-order valence-corrected chi connectivity index (χ0v) is 14.8. The van der Waals surface area contributed by atoms with Crippen LogP contribution in [0.15, 0.2) is 84.4 Å². The Bertz CT molecular complexity index is 590. The number of nitrogens with one attached hydrogen (secondary N) is 1. The molecule has 2 aromatic carbocycles. The molecule has 24 heavy (non-hydrogen) atoms. The summed E-state index contributed by atoms with van der Waals surface area (Å²) in [5, 5.41) is 6.41. The molecule has 2 rings (SSSR count). The predicted octanol–water partition coefficient (Wildman–Crippen LogP) is 6.14. The molecule has 0 aromatic heterocycles. The van der Waals surface area contributed by atoms with Crippen molar-refractivity contribution < 1.29 is 0 Å². The van der Waals surface area contributed by atoms with E-state index in [0.29, 0.717) is 6.42 Å². The third-order valence-corrected chi connectivity index (χ3v) is 2.91. The Labute approximate surface area is 146 Å². The zero-order valence-electron chi connectivity index (χ0n) is 14.8. The molecule has 0 atom stereocenters. The van der Waals surface area contributed by atoms with Crippen LogP contribution in [0.2, 0.25) is 0 Å². The number of nitrogens with zero attached hydrogens (tertiary/aromatic N) is 1. The maximum absolute atomic E-state index is 6.41. The van der Waals surface area contributed by atoms with Crippen molar-refractivity contribution in [2.45, 2.75) is 20.3 Å². The lowest BCUT2D eigenvalue weighted by Gasteiger charge is -2.00. The fourth-order valence-corrected chi connectivity index (χ4v) is 1.64. The van der Waals surface area contributed by atoms with E-state index >= 15 is 0 Å². The minimum Gasteiger partial charge on any atom is -0.313 e. The van der Waals surface area contributed by atoms with Crippen LogP contribution in [0.5, 0.6) is 0 Å². The number of allylic oxidation sites excluding steroid dienone is 2. The zero-order chi connectivity index (χ0) is 18.0. The van der Waals surface area contributed by atoms with Crippen molar-refractivity contribution in [1.82, 2.24) is 0 Å². The van der Waals surface area contributed by atoms with E-state index in [1.54, 1.807) is 6.08 Å². The van der Waals surface area contributed by atoms with Gasteiger partial charge in [0.05, 0.1) is 6.54 Å². The number of hydrogen-bond acceptors (Lipinski definition) is 2. The van der Waals surface area contributed by atoms with E-state index in [4.69, 9.17) is 5.41 Å². The topological polar surface area (TPSA) is 36.2 Å². The van der Waals surface area contributed by atoms with Gasteiger partial charge in [-0.05, 0) is 44.3 Å². The lowest BCUT2D eigenvalue weighted by atomic mass is 10.0. The van der Waals surface area contributed by atoms with Crippen molar-refractivity contribution in [3.63, 3.8) is 0 Å². The van der Waals surface area contributed by atoms with Crippen LogP contribution in [0.4, 0.5) is 0 Å². The summed E-state index contributed by atoms with van der Waals surface area (Å²) in [7, 11) is 0. The van der Waals surface area contributed by atoms with Crippen LogP contribution >= 0.6 is 0 Å². The number of aryl methyl sites for hydroxylation is 1.